The molecule has 0 atom stereocenters. The number of carbonyl (C=O) groups is 1. The van der Waals surface area contributed by atoms with Crippen molar-refractivity contribution in [2.45, 2.75) is 6.42 Å². The summed E-state index contributed by atoms with van der Waals surface area (Å²) in [6, 6.07) is 11.8. The Morgan fingerprint density at radius 2 is 1.77 bits per heavy atom. The highest BCUT2D eigenvalue weighted by Crippen LogP contribution is 2.36. The van der Waals surface area contributed by atoms with Crippen molar-refractivity contribution in [1.82, 2.24) is 0 Å². The van der Waals surface area contributed by atoms with Gasteiger partial charge in [-0.25, -0.2) is 0 Å². The topological polar surface area (TPSA) is 51.2 Å². The number of benzene rings is 2. The van der Waals surface area contributed by atoms with Crippen LogP contribution in [0.5, 0.6) is 11.5 Å². The number of hydrogen-bond acceptors (Lipinski definition) is 5. The minimum absolute atomic E-state index is 0.00109. The molecule has 26 heavy (non-hydrogen) atoms. The summed E-state index contributed by atoms with van der Waals surface area (Å²) in [6.45, 7) is 4.18. The highest BCUT2D eigenvalue weighted by Gasteiger charge is 2.28. The Hall–Kier alpha value is -2.73. The van der Waals surface area contributed by atoms with E-state index in [2.05, 4.69) is 23.1 Å². The van der Waals surface area contributed by atoms with Crippen LogP contribution in [0, 0.1) is 0 Å². The zero-order chi connectivity index (χ0) is 17.5. The van der Waals surface area contributed by atoms with Crippen LogP contribution in [0.3, 0.4) is 0 Å². The average Bonchev–Trinajstić information content (AvgIpc) is 3.33. The average molecular weight is 352 g/mol. The molecule has 6 nitrogen and oxygen atoms in total. The van der Waals surface area contributed by atoms with Gasteiger partial charge in [-0.05, 0) is 42.3 Å². The summed E-state index contributed by atoms with van der Waals surface area (Å²) in [4.78, 5) is 17.3. The lowest BCUT2D eigenvalue weighted by atomic mass is 10.1. The Kier molecular flexibility index (Phi) is 3.71. The molecule has 2 aromatic rings. The molecule has 0 radical (unpaired) electrons. The summed E-state index contributed by atoms with van der Waals surface area (Å²) < 4.78 is 16.2. The fraction of sp³-hybridized carbons (Fsp3) is 0.350. The first kappa shape index (κ1) is 15.5. The Morgan fingerprint density at radius 3 is 2.65 bits per heavy atom. The predicted octanol–water partition coefficient (Wildman–Crippen LogP) is 2.45. The van der Waals surface area contributed by atoms with Crippen molar-refractivity contribution < 1.29 is 19.0 Å². The van der Waals surface area contributed by atoms with Crippen LogP contribution < -0.4 is 19.3 Å². The number of nitrogens with zero attached hydrogens (tertiary/aromatic N) is 2. The summed E-state index contributed by atoms with van der Waals surface area (Å²) in [5, 5.41) is 0. The molecule has 0 unspecified atom stereocenters. The molecule has 5 rings (SSSR count). The molecule has 2 aromatic carbocycles. The van der Waals surface area contributed by atoms with Gasteiger partial charge in [0.25, 0.3) is 5.91 Å². The molecule has 1 fully saturated rings. The zero-order valence-corrected chi connectivity index (χ0v) is 14.4. The van der Waals surface area contributed by atoms with Crippen molar-refractivity contribution in [3.8, 4) is 11.5 Å². The van der Waals surface area contributed by atoms with Crippen LogP contribution in [0.4, 0.5) is 11.4 Å². The van der Waals surface area contributed by atoms with E-state index in [4.69, 9.17) is 14.2 Å². The first-order valence-corrected chi connectivity index (χ1v) is 8.97. The Bertz CT molecular complexity index is 861. The van der Waals surface area contributed by atoms with E-state index in [-0.39, 0.29) is 12.7 Å². The van der Waals surface area contributed by atoms with Crippen molar-refractivity contribution in [1.29, 1.82) is 0 Å². The van der Waals surface area contributed by atoms with Crippen molar-refractivity contribution in [2.24, 2.45) is 0 Å². The first-order chi connectivity index (χ1) is 12.8. The van der Waals surface area contributed by atoms with E-state index in [1.807, 2.05) is 4.90 Å². The smallest absolute Gasteiger partial charge is 0.258 e. The van der Waals surface area contributed by atoms with Gasteiger partial charge in [-0.3, -0.25) is 4.79 Å². The second kappa shape index (κ2) is 6.21. The molecule has 0 aromatic heterocycles. The standard InChI is InChI=1S/C20H20N2O4/c23-20(15-2-4-18-19(11-15)26-13-25-18)22-6-5-14-1-3-16(12-17(14)22)21-7-9-24-10-8-21/h1-4,11-12H,5-10,13H2. The van der Waals surface area contributed by atoms with E-state index in [1.54, 1.807) is 18.2 Å². The minimum Gasteiger partial charge on any atom is -0.454 e. The molecule has 0 bridgehead atoms. The molecular weight excluding hydrogens is 332 g/mol. The van der Waals surface area contributed by atoms with E-state index in [9.17, 15) is 4.79 Å². The van der Waals surface area contributed by atoms with Crippen LogP contribution >= 0.6 is 0 Å². The number of amides is 1. The van der Waals surface area contributed by atoms with Crippen molar-refractivity contribution in [3.63, 3.8) is 0 Å². The van der Waals surface area contributed by atoms with Gasteiger partial charge in [0, 0.05) is 36.6 Å². The Morgan fingerprint density at radius 1 is 0.923 bits per heavy atom. The van der Waals surface area contributed by atoms with Crippen LogP contribution in [0.25, 0.3) is 0 Å². The van der Waals surface area contributed by atoms with Gasteiger partial charge in [-0.1, -0.05) is 6.07 Å². The lowest BCUT2D eigenvalue weighted by molar-refractivity contribution is 0.0989. The van der Waals surface area contributed by atoms with Gasteiger partial charge in [0.1, 0.15) is 0 Å². The van der Waals surface area contributed by atoms with E-state index in [1.165, 1.54) is 5.56 Å². The number of anilines is 2. The van der Waals surface area contributed by atoms with Crippen LogP contribution in [0.15, 0.2) is 36.4 Å². The fourth-order valence-corrected chi connectivity index (χ4v) is 3.78. The quantitative estimate of drug-likeness (QED) is 0.831. The number of ether oxygens (including phenoxy) is 3. The molecule has 6 heteroatoms. The molecule has 0 aliphatic carbocycles. The number of fused-ring (bicyclic) bond motifs is 2. The summed E-state index contributed by atoms with van der Waals surface area (Å²) in [6.07, 6.45) is 0.884. The number of rotatable bonds is 2. The fourth-order valence-electron chi connectivity index (χ4n) is 3.78. The van der Waals surface area contributed by atoms with Crippen LogP contribution in [-0.2, 0) is 11.2 Å². The molecule has 0 saturated carbocycles. The molecule has 0 spiro atoms. The number of morpholine rings is 1. The highest BCUT2D eigenvalue weighted by atomic mass is 16.7. The maximum atomic E-state index is 13.1. The van der Waals surface area contributed by atoms with Gasteiger partial charge in [-0.2, -0.15) is 0 Å². The molecule has 3 heterocycles. The third-order valence-electron chi connectivity index (χ3n) is 5.21. The van der Waals surface area contributed by atoms with E-state index < -0.39 is 0 Å². The second-order valence-corrected chi connectivity index (χ2v) is 6.69. The molecule has 1 saturated heterocycles. The zero-order valence-electron chi connectivity index (χ0n) is 14.4. The van der Waals surface area contributed by atoms with E-state index >= 15 is 0 Å². The maximum absolute atomic E-state index is 13.1. The summed E-state index contributed by atoms with van der Waals surface area (Å²) in [7, 11) is 0. The van der Waals surface area contributed by atoms with E-state index in [0.717, 1.165) is 44.1 Å². The Balaban J connectivity index is 1.44. The minimum atomic E-state index is 0.00109. The highest BCUT2D eigenvalue weighted by molar-refractivity contribution is 6.08. The monoisotopic (exact) mass is 352 g/mol. The molecule has 3 aliphatic heterocycles. The van der Waals surface area contributed by atoms with Crippen LogP contribution in [0.1, 0.15) is 15.9 Å². The second-order valence-electron chi connectivity index (χ2n) is 6.69. The summed E-state index contributed by atoms with van der Waals surface area (Å²) in [5.41, 5.74) is 4.00. The van der Waals surface area contributed by atoms with Crippen molar-refractivity contribution >= 4 is 17.3 Å². The summed E-state index contributed by atoms with van der Waals surface area (Å²) in [5.74, 6) is 1.33. The van der Waals surface area contributed by atoms with Crippen LogP contribution in [-0.4, -0.2) is 45.5 Å². The molecule has 134 valence electrons. The van der Waals surface area contributed by atoms with Gasteiger partial charge >= 0.3 is 0 Å². The van der Waals surface area contributed by atoms with Gasteiger partial charge in [0.2, 0.25) is 6.79 Å². The van der Waals surface area contributed by atoms with Gasteiger partial charge in [0.05, 0.1) is 13.2 Å². The van der Waals surface area contributed by atoms with Gasteiger partial charge in [-0.15, -0.1) is 0 Å². The molecular formula is C20H20N2O4. The largest absolute Gasteiger partial charge is 0.454 e. The normalized spacial score (nSPS) is 18.2. The maximum Gasteiger partial charge on any atom is 0.258 e. The Labute approximate surface area is 151 Å². The predicted molar refractivity (Wildman–Crippen MR) is 97.4 cm³/mol. The van der Waals surface area contributed by atoms with Crippen molar-refractivity contribution in [3.05, 3.63) is 47.5 Å². The summed E-state index contributed by atoms with van der Waals surface area (Å²) >= 11 is 0. The van der Waals surface area contributed by atoms with Crippen LogP contribution in [0.2, 0.25) is 0 Å². The molecule has 1 amide bonds. The first-order valence-electron chi connectivity index (χ1n) is 8.97. The SMILES string of the molecule is O=C(c1ccc2c(c1)OCO2)N1CCc2ccc(N3CCOCC3)cc21. The number of carbonyl (C=O) groups excluding carboxylic acids is 1. The van der Waals surface area contributed by atoms with Crippen molar-refractivity contribution in [2.75, 3.05) is 49.4 Å². The van der Waals surface area contributed by atoms with Gasteiger partial charge in [0.15, 0.2) is 11.5 Å². The van der Waals surface area contributed by atoms with E-state index in [0.29, 0.717) is 23.6 Å². The third-order valence-corrected chi connectivity index (χ3v) is 5.21. The molecule has 3 aliphatic rings. The number of hydrogen-bond donors (Lipinski definition) is 0. The lowest BCUT2D eigenvalue weighted by Gasteiger charge is -2.29. The van der Waals surface area contributed by atoms with Gasteiger partial charge < -0.3 is 24.0 Å². The molecule has 0 N–H and O–H groups in total. The lowest BCUT2D eigenvalue weighted by Crippen LogP contribution is -2.36. The third kappa shape index (κ3) is 2.57.